The summed E-state index contributed by atoms with van der Waals surface area (Å²) >= 11 is 11.1. The molecule has 0 fully saturated rings. The van der Waals surface area contributed by atoms with Crippen LogP contribution < -0.4 is 20.7 Å². The number of nitrogens with one attached hydrogen (secondary N) is 3. The first-order chi connectivity index (χ1) is 14.4. The molecule has 0 radical (unpaired) electrons. The predicted molar refractivity (Wildman–Crippen MR) is 123 cm³/mol. The number of amides is 2. The lowest BCUT2D eigenvalue weighted by molar-refractivity contribution is 0.0976. The highest BCUT2D eigenvalue weighted by atomic mass is 35.5. The van der Waals surface area contributed by atoms with Crippen LogP contribution in [0, 0.1) is 0 Å². The molecule has 30 heavy (non-hydrogen) atoms. The lowest BCUT2D eigenvalue weighted by atomic mass is 10.2. The standard InChI is InChI=1S/C22H18ClN3O3S/c1-29-19-7-2-4-15(12-19)21(28)26-22(30)25-18-6-3-5-17(13-18)24-20(27)14-8-10-16(23)11-9-14/h2-13H,1H3,(H,24,27)(H2,25,26,28,30). The van der Waals surface area contributed by atoms with Gasteiger partial charge in [-0.2, -0.15) is 0 Å². The van der Waals surface area contributed by atoms with Crippen molar-refractivity contribution < 1.29 is 14.3 Å². The van der Waals surface area contributed by atoms with E-state index < -0.39 is 0 Å². The number of thiocarbonyl (C=S) groups is 1. The summed E-state index contributed by atoms with van der Waals surface area (Å²) in [5.41, 5.74) is 2.09. The molecule has 0 unspecified atom stereocenters. The Kier molecular flexibility index (Phi) is 7.00. The molecule has 0 spiro atoms. The fourth-order valence-corrected chi connectivity index (χ4v) is 2.92. The number of benzene rings is 3. The van der Waals surface area contributed by atoms with Crippen LogP contribution in [-0.4, -0.2) is 24.0 Å². The van der Waals surface area contributed by atoms with Gasteiger partial charge in [0.25, 0.3) is 11.8 Å². The molecule has 3 aromatic rings. The Morgan fingerprint density at radius 1 is 0.833 bits per heavy atom. The van der Waals surface area contributed by atoms with Crippen LogP contribution in [0.1, 0.15) is 20.7 Å². The summed E-state index contributed by atoms with van der Waals surface area (Å²) in [7, 11) is 1.53. The lowest BCUT2D eigenvalue weighted by Gasteiger charge is -2.12. The van der Waals surface area contributed by atoms with Crippen molar-refractivity contribution in [2.45, 2.75) is 0 Å². The summed E-state index contributed by atoms with van der Waals surface area (Å²) in [4.78, 5) is 24.7. The van der Waals surface area contributed by atoms with E-state index in [1.807, 2.05) is 0 Å². The summed E-state index contributed by atoms with van der Waals surface area (Å²) in [5, 5.41) is 9.04. The first-order valence-corrected chi connectivity index (χ1v) is 9.66. The highest BCUT2D eigenvalue weighted by Crippen LogP contribution is 2.17. The van der Waals surface area contributed by atoms with Crippen molar-refractivity contribution in [2.75, 3.05) is 17.7 Å². The molecule has 0 heterocycles. The van der Waals surface area contributed by atoms with Gasteiger partial charge in [0, 0.05) is 27.5 Å². The van der Waals surface area contributed by atoms with E-state index in [0.717, 1.165) is 0 Å². The molecular formula is C22H18ClN3O3S. The van der Waals surface area contributed by atoms with Gasteiger partial charge < -0.3 is 15.4 Å². The maximum atomic E-state index is 12.3. The molecule has 2 amide bonds. The van der Waals surface area contributed by atoms with Crippen molar-refractivity contribution in [1.29, 1.82) is 0 Å². The Balaban J connectivity index is 1.61. The van der Waals surface area contributed by atoms with E-state index in [1.54, 1.807) is 72.8 Å². The molecule has 0 saturated heterocycles. The van der Waals surface area contributed by atoms with Gasteiger partial charge in [-0.25, -0.2) is 0 Å². The van der Waals surface area contributed by atoms with Gasteiger partial charge >= 0.3 is 0 Å². The summed E-state index contributed by atoms with van der Waals surface area (Å²) in [6, 6.07) is 20.3. The largest absolute Gasteiger partial charge is 0.497 e. The van der Waals surface area contributed by atoms with Gasteiger partial charge in [-0.15, -0.1) is 0 Å². The third kappa shape index (κ3) is 5.79. The first kappa shape index (κ1) is 21.3. The smallest absolute Gasteiger partial charge is 0.257 e. The van der Waals surface area contributed by atoms with Crippen molar-refractivity contribution in [3.63, 3.8) is 0 Å². The van der Waals surface area contributed by atoms with E-state index >= 15 is 0 Å². The van der Waals surface area contributed by atoms with Crippen molar-refractivity contribution in [1.82, 2.24) is 5.32 Å². The van der Waals surface area contributed by atoms with Gasteiger partial charge in [0.2, 0.25) is 0 Å². The van der Waals surface area contributed by atoms with Crippen molar-refractivity contribution in [3.05, 3.63) is 88.9 Å². The number of hydrogen-bond acceptors (Lipinski definition) is 4. The predicted octanol–water partition coefficient (Wildman–Crippen LogP) is 4.73. The highest BCUT2D eigenvalue weighted by molar-refractivity contribution is 7.80. The maximum absolute atomic E-state index is 12.3. The number of rotatable bonds is 5. The van der Waals surface area contributed by atoms with Crippen molar-refractivity contribution >= 4 is 52.1 Å². The Labute approximate surface area is 184 Å². The lowest BCUT2D eigenvalue weighted by Crippen LogP contribution is -2.34. The molecule has 152 valence electrons. The molecule has 3 aromatic carbocycles. The fraction of sp³-hybridized carbons (Fsp3) is 0.0455. The normalized spacial score (nSPS) is 10.1. The van der Waals surface area contributed by atoms with Crippen molar-refractivity contribution in [3.8, 4) is 5.75 Å². The number of methoxy groups -OCH3 is 1. The van der Waals surface area contributed by atoms with E-state index in [-0.39, 0.29) is 16.9 Å². The molecule has 0 saturated carbocycles. The highest BCUT2D eigenvalue weighted by Gasteiger charge is 2.10. The number of anilines is 2. The third-order valence-corrected chi connectivity index (χ3v) is 4.50. The van der Waals surface area contributed by atoms with Gasteiger partial charge in [-0.1, -0.05) is 23.7 Å². The molecule has 6 nitrogen and oxygen atoms in total. The minimum atomic E-state index is -0.362. The number of carbonyl (C=O) groups excluding carboxylic acids is 2. The van der Waals surface area contributed by atoms with E-state index in [4.69, 9.17) is 28.6 Å². The summed E-state index contributed by atoms with van der Waals surface area (Å²) in [6.45, 7) is 0. The van der Waals surface area contributed by atoms with Crippen LogP contribution in [0.4, 0.5) is 11.4 Å². The van der Waals surface area contributed by atoms with Crippen LogP contribution in [-0.2, 0) is 0 Å². The zero-order valence-electron chi connectivity index (χ0n) is 15.9. The van der Waals surface area contributed by atoms with Gasteiger partial charge in [-0.05, 0) is 72.9 Å². The summed E-state index contributed by atoms with van der Waals surface area (Å²) in [6.07, 6.45) is 0. The minimum Gasteiger partial charge on any atom is -0.497 e. The second-order valence-corrected chi connectivity index (χ2v) is 7.03. The molecule has 0 bridgehead atoms. The Bertz CT molecular complexity index is 1090. The van der Waals surface area contributed by atoms with E-state index in [2.05, 4.69) is 16.0 Å². The average Bonchev–Trinajstić information content (AvgIpc) is 2.74. The zero-order chi connectivity index (χ0) is 21.5. The van der Waals surface area contributed by atoms with E-state index in [9.17, 15) is 9.59 Å². The summed E-state index contributed by atoms with van der Waals surface area (Å²) < 4.78 is 5.12. The number of ether oxygens (including phenoxy) is 1. The molecule has 0 aliphatic heterocycles. The van der Waals surface area contributed by atoms with Crippen LogP contribution in [0.3, 0.4) is 0 Å². The first-order valence-electron chi connectivity index (χ1n) is 8.88. The van der Waals surface area contributed by atoms with Gasteiger partial charge in [0.1, 0.15) is 5.75 Å². The zero-order valence-corrected chi connectivity index (χ0v) is 17.5. The SMILES string of the molecule is COc1cccc(C(=O)NC(=S)Nc2cccc(NC(=O)c3ccc(Cl)cc3)c2)c1. The second kappa shape index (κ2) is 9.87. The van der Waals surface area contributed by atoms with Crippen LogP contribution >= 0.6 is 23.8 Å². The topological polar surface area (TPSA) is 79.5 Å². The second-order valence-electron chi connectivity index (χ2n) is 6.18. The van der Waals surface area contributed by atoms with Crippen LogP contribution in [0.2, 0.25) is 5.02 Å². The van der Waals surface area contributed by atoms with E-state index in [0.29, 0.717) is 33.3 Å². The van der Waals surface area contributed by atoms with Crippen LogP contribution in [0.15, 0.2) is 72.8 Å². The van der Waals surface area contributed by atoms with Gasteiger partial charge in [0.15, 0.2) is 5.11 Å². The molecule has 0 atom stereocenters. The molecule has 3 rings (SSSR count). The quantitative estimate of drug-likeness (QED) is 0.501. The molecule has 0 aromatic heterocycles. The minimum absolute atomic E-state index is 0.129. The number of carbonyl (C=O) groups is 2. The number of hydrogen-bond donors (Lipinski definition) is 3. The average molecular weight is 440 g/mol. The maximum Gasteiger partial charge on any atom is 0.257 e. The van der Waals surface area contributed by atoms with Crippen LogP contribution in [0.25, 0.3) is 0 Å². The fourth-order valence-electron chi connectivity index (χ4n) is 2.58. The monoisotopic (exact) mass is 439 g/mol. The number of halogens is 1. The Morgan fingerprint density at radius 3 is 2.20 bits per heavy atom. The Hall–Kier alpha value is -3.42. The van der Waals surface area contributed by atoms with Crippen LogP contribution in [0.5, 0.6) is 5.75 Å². The Morgan fingerprint density at radius 2 is 1.50 bits per heavy atom. The molecule has 0 aliphatic rings. The van der Waals surface area contributed by atoms with E-state index in [1.165, 1.54) is 7.11 Å². The third-order valence-electron chi connectivity index (χ3n) is 4.04. The molecule has 0 aliphatic carbocycles. The van der Waals surface area contributed by atoms with Crippen molar-refractivity contribution in [2.24, 2.45) is 0 Å². The van der Waals surface area contributed by atoms with Gasteiger partial charge in [-0.3, -0.25) is 14.9 Å². The summed E-state index contributed by atoms with van der Waals surface area (Å²) in [5.74, 6) is -0.0537. The van der Waals surface area contributed by atoms with Gasteiger partial charge in [0.05, 0.1) is 7.11 Å². The molecule has 8 heteroatoms. The molecule has 3 N–H and O–H groups in total. The molecular weight excluding hydrogens is 422 g/mol.